The van der Waals surface area contributed by atoms with Crippen molar-refractivity contribution in [1.82, 2.24) is 0 Å². The van der Waals surface area contributed by atoms with Gasteiger partial charge in [-0.2, -0.15) is 0 Å². The van der Waals surface area contributed by atoms with Crippen molar-refractivity contribution in [2.75, 3.05) is 13.2 Å². The first-order valence-corrected chi connectivity index (χ1v) is 8.37. The van der Waals surface area contributed by atoms with Gasteiger partial charge in [0.15, 0.2) is 6.29 Å². The molecule has 0 saturated carbocycles. The Labute approximate surface area is 142 Å². The van der Waals surface area contributed by atoms with Crippen LogP contribution in [0.3, 0.4) is 0 Å². The molecule has 2 aromatic carbocycles. The summed E-state index contributed by atoms with van der Waals surface area (Å²) in [5, 5.41) is 0. The number of benzene rings is 2. The fourth-order valence-corrected chi connectivity index (χ4v) is 2.88. The Morgan fingerprint density at radius 2 is 1.67 bits per heavy atom. The van der Waals surface area contributed by atoms with Crippen LogP contribution in [0.5, 0.6) is 0 Å². The lowest BCUT2D eigenvalue weighted by atomic mass is 9.92. The highest BCUT2D eigenvalue weighted by molar-refractivity contribution is 5.74. The lowest BCUT2D eigenvalue weighted by Crippen LogP contribution is -2.09. The summed E-state index contributed by atoms with van der Waals surface area (Å²) >= 11 is 0. The summed E-state index contributed by atoms with van der Waals surface area (Å²) in [5.74, 6) is 0.263. The largest absolute Gasteiger partial charge is 0.350 e. The van der Waals surface area contributed by atoms with E-state index in [0.717, 1.165) is 19.1 Å². The second-order valence-electron chi connectivity index (χ2n) is 5.91. The van der Waals surface area contributed by atoms with E-state index in [-0.39, 0.29) is 12.2 Å². The Morgan fingerprint density at radius 1 is 0.958 bits per heavy atom. The summed E-state index contributed by atoms with van der Waals surface area (Å²) in [7, 11) is 0. The van der Waals surface area contributed by atoms with E-state index in [0.29, 0.717) is 18.8 Å². The Balaban J connectivity index is 1.73. The molecule has 0 spiro atoms. The van der Waals surface area contributed by atoms with Crippen LogP contribution in [0, 0.1) is 0 Å². The lowest BCUT2D eigenvalue weighted by molar-refractivity contribution is -0.0481. The van der Waals surface area contributed by atoms with Crippen LogP contribution in [0.4, 0.5) is 0 Å². The first-order chi connectivity index (χ1) is 11.8. The van der Waals surface area contributed by atoms with Crippen molar-refractivity contribution in [3.8, 4) is 0 Å². The molecule has 1 aliphatic rings. The molecular formula is C21H22O3. The van der Waals surface area contributed by atoms with Gasteiger partial charge in [-0.1, -0.05) is 66.7 Å². The highest BCUT2D eigenvalue weighted by Crippen LogP contribution is 2.26. The van der Waals surface area contributed by atoms with Crippen molar-refractivity contribution >= 4 is 12.4 Å². The molecule has 1 unspecified atom stereocenters. The molecule has 124 valence electrons. The maximum Gasteiger partial charge on any atom is 0.157 e. The average Bonchev–Trinajstić information content (AvgIpc) is 3.16. The summed E-state index contributed by atoms with van der Waals surface area (Å²) in [6, 6.07) is 18.1. The average molecular weight is 322 g/mol. The third-order valence-corrected chi connectivity index (χ3v) is 4.23. The molecule has 3 rings (SSSR count). The zero-order valence-corrected chi connectivity index (χ0v) is 13.6. The second kappa shape index (κ2) is 8.57. The molecule has 0 radical (unpaired) electrons. The fraction of sp³-hybridized carbons (Fsp3) is 0.286. The molecule has 0 N–H and O–H groups in total. The second-order valence-corrected chi connectivity index (χ2v) is 5.91. The molecule has 0 bridgehead atoms. The molecule has 3 nitrogen and oxygen atoms in total. The fourth-order valence-electron chi connectivity index (χ4n) is 2.88. The van der Waals surface area contributed by atoms with Gasteiger partial charge in [0.2, 0.25) is 0 Å². The van der Waals surface area contributed by atoms with Crippen molar-refractivity contribution < 1.29 is 14.3 Å². The third kappa shape index (κ3) is 4.63. The Kier molecular flexibility index (Phi) is 5.94. The highest BCUT2D eigenvalue weighted by atomic mass is 16.7. The molecule has 1 heterocycles. The predicted molar refractivity (Wildman–Crippen MR) is 95.0 cm³/mol. The number of rotatable bonds is 7. The van der Waals surface area contributed by atoms with E-state index in [2.05, 4.69) is 24.3 Å². The van der Waals surface area contributed by atoms with Crippen molar-refractivity contribution in [3.63, 3.8) is 0 Å². The minimum absolute atomic E-state index is 0.0909. The molecular weight excluding hydrogens is 300 g/mol. The van der Waals surface area contributed by atoms with E-state index in [1.807, 2.05) is 42.5 Å². The Morgan fingerprint density at radius 3 is 2.33 bits per heavy atom. The van der Waals surface area contributed by atoms with E-state index in [1.165, 1.54) is 11.1 Å². The number of hydrogen-bond acceptors (Lipinski definition) is 3. The standard InChI is InChI=1S/C21H22O3/c22-16-18-7-10-19(11-8-18)20(12-13-21-23-14-15-24-21)9-6-17-4-2-1-3-5-17/h1-11,16,20-21H,12-15H2/b9-6+. The number of ether oxygens (including phenoxy) is 2. The van der Waals surface area contributed by atoms with E-state index in [4.69, 9.17) is 9.47 Å². The zero-order valence-electron chi connectivity index (χ0n) is 13.6. The van der Waals surface area contributed by atoms with E-state index in [1.54, 1.807) is 0 Å². The van der Waals surface area contributed by atoms with Crippen LogP contribution >= 0.6 is 0 Å². The van der Waals surface area contributed by atoms with Gasteiger partial charge < -0.3 is 9.47 Å². The maximum atomic E-state index is 10.9. The molecule has 1 saturated heterocycles. The molecule has 1 fully saturated rings. The first-order valence-electron chi connectivity index (χ1n) is 8.37. The summed E-state index contributed by atoms with van der Waals surface area (Å²) in [4.78, 5) is 10.9. The molecule has 3 heteroatoms. The summed E-state index contributed by atoms with van der Waals surface area (Å²) < 4.78 is 11.1. The van der Waals surface area contributed by atoms with Gasteiger partial charge in [-0.15, -0.1) is 0 Å². The topological polar surface area (TPSA) is 35.5 Å². The highest BCUT2D eigenvalue weighted by Gasteiger charge is 2.18. The lowest BCUT2D eigenvalue weighted by Gasteiger charge is -2.16. The van der Waals surface area contributed by atoms with Crippen LogP contribution in [-0.4, -0.2) is 25.8 Å². The zero-order chi connectivity index (χ0) is 16.6. The smallest absolute Gasteiger partial charge is 0.157 e. The van der Waals surface area contributed by atoms with Gasteiger partial charge in [0, 0.05) is 11.5 Å². The molecule has 2 aromatic rings. The number of carbonyl (C=O) groups is 1. The van der Waals surface area contributed by atoms with Crippen molar-refractivity contribution in [3.05, 3.63) is 77.4 Å². The third-order valence-electron chi connectivity index (χ3n) is 4.23. The quantitative estimate of drug-likeness (QED) is 0.707. The minimum atomic E-state index is -0.0909. The van der Waals surface area contributed by atoms with Crippen LogP contribution in [-0.2, 0) is 9.47 Å². The number of allylic oxidation sites excluding steroid dienone is 1. The van der Waals surface area contributed by atoms with Gasteiger partial charge in [-0.3, -0.25) is 4.79 Å². The minimum Gasteiger partial charge on any atom is -0.350 e. The Bertz CT molecular complexity index is 655. The molecule has 24 heavy (non-hydrogen) atoms. The van der Waals surface area contributed by atoms with Crippen molar-refractivity contribution in [2.24, 2.45) is 0 Å². The molecule has 0 amide bonds. The van der Waals surface area contributed by atoms with Crippen LogP contribution in [0.1, 0.15) is 40.2 Å². The van der Waals surface area contributed by atoms with Gasteiger partial charge in [0.1, 0.15) is 6.29 Å². The Hall–Kier alpha value is -2.23. The van der Waals surface area contributed by atoms with Gasteiger partial charge >= 0.3 is 0 Å². The van der Waals surface area contributed by atoms with Gasteiger partial charge in [0.25, 0.3) is 0 Å². The molecule has 0 aliphatic carbocycles. The maximum absolute atomic E-state index is 10.9. The number of aldehydes is 1. The summed E-state index contributed by atoms with van der Waals surface area (Å²) in [6.45, 7) is 1.37. The normalized spacial score (nSPS) is 16.5. The SMILES string of the molecule is O=Cc1ccc(C(/C=C/c2ccccc2)CCC2OCCO2)cc1. The monoisotopic (exact) mass is 322 g/mol. The summed E-state index contributed by atoms with van der Waals surface area (Å²) in [6.07, 6.45) is 6.95. The van der Waals surface area contributed by atoms with Crippen LogP contribution in [0.15, 0.2) is 60.7 Å². The van der Waals surface area contributed by atoms with Crippen molar-refractivity contribution in [2.45, 2.75) is 25.0 Å². The molecule has 0 aromatic heterocycles. The van der Waals surface area contributed by atoms with E-state index >= 15 is 0 Å². The van der Waals surface area contributed by atoms with Crippen LogP contribution in [0.2, 0.25) is 0 Å². The van der Waals surface area contributed by atoms with Crippen LogP contribution in [0.25, 0.3) is 6.08 Å². The molecule has 1 aliphatic heterocycles. The number of hydrogen-bond donors (Lipinski definition) is 0. The predicted octanol–water partition coefficient (Wildman–Crippen LogP) is 4.45. The van der Waals surface area contributed by atoms with E-state index in [9.17, 15) is 4.79 Å². The van der Waals surface area contributed by atoms with Crippen molar-refractivity contribution in [1.29, 1.82) is 0 Å². The van der Waals surface area contributed by atoms with E-state index < -0.39 is 0 Å². The van der Waals surface area contributed by atoms with Gasteiger partial charge in [0.05, 0.1) is 13.2 Å². The molecule has 1 atom stereocenters. The summed E-state index contributed by atoms with van der Waals surface area (Å²) in [5.41, 5.74) is 3.08. The number of carbonyl (C=O) groups excluding carboxylic acids is 1. The van der Waals surface area contributed by atoms with Gasteiger partial charge in [-0.05, 0) is 24.0 Å². The van der Waals surface area contributed by atoms with Crippen LogP contribution < -0.4 is 0 Å². The first kappa shape index (κ1) is 16.6. The van der Waals surface area contributed by atoms with Gasteiger partial charge in [-0.25, -0.2) is 0 Å².